The van der Waals surface area contributed by atoms with E-state index >= 15 is 0 Å². The minimum absolute atomic E-state index is 0.219. The van der Waals surface area contributed by atoms with Crippen LogP contribution in [0, 0.1) is 5.82 Å². The third-order valence-electron chi connectivity index (χ3n) is 2.68. The quantitative estimate of drug-likeness (QED) is 0.811. The van der Waals surface area contributed by atoms with Gasteiger partial charge < -0.3 is 4.57 Å². The van der Waals surface area contributed by atoms with Crippen molar-refractivity contribution in [2.24, 2.45) is 5.90 Å². The summed E-state index contributed by atoms with van der Waals surface area (Å²) >= 11 is 0. The first-order chi connectivity index (χ1) is 7.65. The lowest BCUT2D eigenvalue weighted by Crippen LogP contribution is -1.99. The summed E-state index contributed by atoms with van der Waals surface area (Å²) in [7, 11) is 0. The number of fused-ring (bicyclic) bond motifs is 1. The molecule has 3 nitrogen and oxygen atoms in total. The normalized spacial score (nSPS) is 11.6. The number of aromatic nitrogens is 1. The van der Waals surface area contributed by atoms with E-state index in [1.54, 1.807) is 6.07 Å². The van der Waals surface area contributed by atoms with E-state index in [0.29, 0.717) is 5.39 Å². The van der Waals surface area contributed by atoms with Crippen LogP contribution in [0.2, 0.25) is 0 Å². The van der Waals surface area contributed by atoms with Gasteiger partial charge in [-0.05, 0) is 26.0 Å². The summed E-state index contributed by atoms with van der Waals surface area (Å²) in [5, 5.41) is 0.599. The van der Waals surface area contributed by atoms with Gasteiger partial charge in [-0.2, -0.15) is 0 Å². The summed E-state index contributed by atoms with van der Waals surface area (Å²) in [6.45, 7) is 4.33. The van der Waals surface area contributed by atoms with Crippen LogP contribution < -0.4 is 5.90 Å². The van der Waals surface area contributed by atoms with Crippen molar-refractivity contribution in [3.63, 3.8) is 0 Å². The molecule has 1 aromatic carbocycles. The molecular formula is C12H15FN2O. The molecule has 0 amide bonds. The molecular weight excluding hydrogens is 207 g/mol. The fourth-order valence-electron chi connectivity index (χ4n) is 1.97. The minimum Gasteiger partial charge on any atom is -0.345 e. The second-order valence-corrected chi connectivity index (χ2v) is 4.10. The van der Waals surface area contributed by atoms with E-state index in [1.807, 2.05) is 16.8 Å². The smallest absolute Gasteiger partial charge is 0.132 e. The Morgan fingerprint density at radius 2 is 2.19 bits per heavy atom. The highest BCUT2D eigenvalue weighted by molar-refractivity contribution is 5.84. The van der Waals surface area contributed by atoms with Gasteiger partial charge in [-0.25, -0.2) is 10.3 Å². The lowest BCUT2D eigenvalue weighted by molar-refractivity contribution is 0.124. The molecule has 2 N–H and O–H groups in total. The Morgan fingerprint density at radius 1 is 1.44 bits per heavy atom. The van der Waals surface area contributed by atoms with E-state index in [9.17, 15) is 4.39 Å². The Morgan fingerprint density at radius 3 is 2.81 bits per heavy atom. The maximum Gasteiger partial charge on any atom is 0.132 e. The van der Waals surface area contributed by atoms with Crippen LogP contribution in [0.3, 0.4) is 0 Å². The molecule has 0 spiro atoms. The standard InChI is InChI=1S/C12H15FN2O/c1-8(2)15-6-9(7-16-14)12-10(13)4-3-5-11(12)15/h3-6,8H,7,14H2,1-2H3. The highest BCUT2D eigenvalue weighted by Gasteiger charge is 2.13. The van der Waals surface area contributed by atoms with Gasteiger partial charge in [-0.1, -0.05) is 6.07 Å². The molecule has 1 heterocycles. The molecule has 0 bridgehead atoms. The van der Waals surface area contributed by atoms with E-state index in [0.717, 1.165) is 11.1 Å². The molecule has 86 valence electrons. The third kappa shape index (κ3) is 1.70. The predicted molar refractivity (Wildman–Crippen MR) is 61.3 cm³/mol. The Bertz CT molecular complexity index is 505. The molecule has 4 heteroatoms. The van der Waals surface area contributed by atoms with E-state index in [2.05, 4.69) is 18.7 Å². The first kappa shape index (κ1) is 11.1. The number of hydrogen-bond donors (Lipinski definition) is 1. The van der Waals surface area contributed by atoms with Crippen LogP contribution in [-0.2, 0) is 11.4 Å². The lowest BCUT2D eigenvalue weighted by Gasteiger charge is -2.08. The van der Waals surface area contributed by atoms with Gasteiger partial charge in [0.1, 0.15) is 5.82 Å². The van der Waals surface area contributed by atoms with Crippen molar-refractivity contribution >= 4 is 10.9 Å². The zero-order valence-electron chi connectivity index (χ0n) is 9.40. The third-order valence-corrected chi connectivity index (χ3v) is 2.68. The number of nitrogens with zero attached hydrogens (tertiary/aromatic N) is 1. The van der Waals surface area contributed by atoms with E-state index in [1.165, 1.54) is 6.07 Å². The van der Waals surface area contributed by atoms with Crippen molar-refractivity contribution in [2.45, 2.75) is 26.5 Å². The van der Waals surface area contributed by atoms with Crippen molar-refractivity contribution < 1.29 is 9.23 Å². The van der Waals surface area contributed by atoms with Gasteiger partial charge in [0.2, 0.25) is 0 Å². The van der Waals surface area contributed by atoms with Crippen molar-refractivity contribution in [3.05, 3.63) is 35.8 Å². The second-order valence-electron chi connectivity index (χ2n) is 4.10. The van der Waals surface area contributed by atoms with E-state index in [4.69, 9.17) is 5.90 Å². The molecule has 1 aromatic heterocycles. The van der Waals surface area contributed by atoms with Gasteiger partial charge in [-0.15, -0.1) is 0 Å². The first-order valence-corrected chi connectivity index (χ1v) is 5.24. The number of hydrogen-bond acceptors (Lipinski definition) is 2. The first-order valence-electron chi connectivity index (χ1n) is 5.24. The number of nitrogens with two attached hydrogens (primary N) is 1. The van der Waals surface area contributed by atoms with Crippen molar-refractivity contribution in [3.8, 4) is 0 Å². The summed E-state index contributed by atoms with van der Waals surface area (Å²) in [6, 6.07) is 5.34. The van der Waals surface area contributed by atoms with Crippen LogP contribution in [-0.4, -0.2) is 4.57 Å². The Kier molecular flexibility index (Phi) is 2.94. The lowest BCUT2D eigenvalue weighted by atomic mass is 10.2. The molecule has 0 saturated carbocycles. The fraction of sp³-hybridized carbons (Fsp3) is 0.333. The number of benzene rings is 1. The maximum atomic E-state index is 13.7. The molecule has 0 aliphatic heterocycles. The monoisotopic (exact) mass is 222 g/mol. The van der Waals surface area contributed by atoms with Gasteiger partial charge in [0, 0.05) is 23.2 Å². The van der Waals surface area contributed by atoms with Crippen molar-refractivity contribution in [1.82, 2.24) is 4.57 Å². The molecule has 2 rings (SSSR count). The highest BCUT2D eigenvalue weighted by Crippen LogP contribution is 2.27. The molecule has 0 atom stereocenters. The van der Waals surface area contributed by atoms with Crippen molar-refractivity contribution in [2.75, 3.05) is 0 Å². The molecule has 16 heavy (non-hydrogen) atoms. The Labute approximate surface area is 93.6 Å². The second kappa shape index (κ2) is 4.23. The van der Waals surface area contributed by atoms with Gasteiger partial charge in [0.05, 0.1) is 12.1 Å². The molecule has 0 aliphatic carbocycles. The maximum absolute atomic E-state index is 13.7. The molecule has 0 aliphatic rings. The molecule has 2 aromatic rings. The molecule has 0 unspecified atom stereocenters. The van der Waals surface area contributed by atoms with Crippen LogP contribution in [0.4, 0.5) is 4.39 Å². The van der Waals surface area contributed by atoms with Gasteiger partial charge in [0.15, 0.2) is 0 Å². The van der Waals surface area contributed by atoms with Crippen LogP contribution in [0.1, 0.15) is 25.5 Å². The van der Waals surface area contributed by atoms with Crippen LogP contribution >= 0.6 is 0 Å². The Hall–Kier alpha value is -1.39. The largest absolute Gasteiger partial charge is 0.345 e. The summed E-state index contributed by atoms with van der Waals surface area (Å²) in [4.78, 5) is 4.60. The minimum atomic E-state index is -0.232. The average molecular weight is 222 g/mol. The Balaban J connectivity index is 2.71. The van der Waals surface area contributed by atoms with Crippen LogP contribution in [0.15, 0.2) is 24.4 Å². The fourth-order valence-corrected chi connectivity index (χ4v) is 1.97. The topological polar surface area (TPSA) is 40.2 Å². The number of halogens is 1. The number of rotatable bonds is 3. The van der Waals surface area contributed by atoms with Gasteiger partial charge >= 0.3 is 0 Å². The van der Waals surface area contributed by atoms with Gasteiger partial charge in [0.25, 0.3) is 0 Å². The SMILES string of the molecule is CC(C)n1cc(CON)c2c(F)cccc21. The van der Waals surface area contributed by atoms with E-state index in [-0.39, 0.29) is 18.5 Å². The van der Waals surface area contributed by atoms with Gasteiger partial charge in [-0.3, -0.25) is 4.84 Å². The molecule has 0 fully saturated rings. The zero-order chi connectivity index (χ0) is 11.7. The predicted octanol–water partition coefficient (Wildman–Crippen LogP) is 2.75. The summed E-state index contributed by atoms with van der Waals surface area (Å²) in [6.07, 6.45) is 1.89. The molecule has 0 saturated heterocycles. The highest BCUT2D eigenvalue weighted by atomic mass is 19.1. The molecule has 0 radical (unpaired) electrons. The average Bonchev–Trinajstić information content (AvgIpc) is 2.59. The summed E-state index contributed by atoms with van der Waals surface area (Å²) in [5.74, 6) is 4.82. The van der Waals surface area contributed by atoms with E-state index < -0.39 is 0 Å². The van der Waals surface area contributed by atoms with Crippen molar-refractivity contribution in [1.29, 1.82) is 0 Å². The summed E-state index contributed by atoms with van der Waals surface area (Å²) < 4.78 is 15.8. The van der Waals surface area contributed by atoms with Crippen LogP contribution in [0.25, 0.3) is 10.9 Å². The van der Waals surface area contributed by atoms with Crippen LogP contribution in [0.5, 0.6) is 0 Å². The summed E-state index contributed by atoms with van der Waals surface area (Å²) in [5.41, 5.74) is 1.66. The zero-order valence-corrected chi connectivity index (χ0v) is 9.40.